The highest BCUT2D eigenvalue weighted by Crippen LogP contribution is 2.38. The van der Waals surface area contributed by atoms with Gasteiger partial charge in [-0.3, -0.25) is 4.79 Å². The predicted octanol–water partition coefficient (Wildman–Crippen LogP) is 3.78. The quantitative estimate of drug-likeness (QED) is 0.842. The zero-order chi connectivity index (χ0) is 16.6. The molecule has 4 rings (SSSR count). The van der Waals surface area contributed by atoms with Gasteiger partial charge < -0.3 is 14.2 Å². The smallest absolute Gasteiger partial charge is 0.278 e. The van der Waals surface area contributed by atoms with E-state index in [9.17, 15) is 4.79 Å². The van der Waals surface area contributed by atoms with Gasteiger partial charge in [-0.1, -0.05) is 41.4 Å². The van der Waals surface area contributed by atoms with Crippen LogP contribution in [0.2, 0.25) is 0 Å². The van der Waals surface area contributed by atoms with Crippen LogP contribution >= 0.6 is 0 Å². The molecule has 1 amide bonds. The standard InChI is InChI=1S/C19H22N2O3/c1-14-5-7-15(8-6-14)17-13-16(20-24-17)18(22)21-11-12-23-19(21)9-3-2-4-10-19/h5-8,13H,2-4,9-12H2,1H3. The first kappa shape index (κ1) is 15.4. The predicted molar refractivity (Wildman–Crippen MR) is 89.5 cm³/mol. The minimum Gasteiger partial charge on any atom is -0.355 e. The van der Waals surface area contributed by atoms with Crippen molar-refractivity contribution in [1.29, 1.82) is 0 Å². The van der Waals surface area contributed by atoms with Crippen molar-refractivity contribution in [2.75, 3.05) is 13.2 Å². The van der Waals surface area contributed by atoms with Gasteiger partial charge in [-0.25, -0.2) is 0 Å². The van der Waals surface area contributed by atoms with Gasteiger partial charge in [-0.05, 0) is 32.6 Å². The summed E-state index contributed by atoms with van der Waals surface area (Å²) in [5.74, 6) is 0.535. The summed E-state index contributed by atoms with van der Waals surface area (Å²) >= 11 is 0. The summed E-state index contributed by atoms with van der Waals surface area (Å²) in [6, 6.07) is 9.73. The minimum atomic E-state index is -0.418. The maximum atomic E-state index is 12.9. The molecule has 1 saturated carbocycles. The molecule has 1 aromatic heterocycles. The van der Waals surface area contributed by atoms with E-state index in [-0.39, 0.29) is 5.91 Å². The summed E-state index contributed by atoms with van der Waals surface area (Å²) in [7, 11) is 0. The molecule has 24 heavy (non-hydrogen) atoms. The number of carbonyl (C=O) groups is 1. The van der Waals surface area contributed by atoms with Gasteiger partial charge >= 0.3 is 0 Å². The highest BCUT2D eigenvalue weighted by molar-refractivity contribution is 5.93. The number of nitrogens with zero attached hydrogens (tertiary/aromatic N) is 2. The lowest BCUT2D eigenvalue weighted by Crippen LogP contribution is -2.49. The Kier molecular flexibility index (Phi) is 3.88. The fraction of sp³-hybridized carbons (Fsp3) is 0.474. The Morgan fingerprint density at radius 3 is 2.67 bits per heavy atom. The fourth-order valence-corrected chi connectivity index (χ4v) is 3.78. The first-order valence-electron chi connectivity index (χ1n) is 8.68. The molecule has 5 heteroatoms. The Labute approximate surface area is 141 Å². The molecule has 126 valence electrons. The van der Waals surface area contributed by atoms with E-state index in [2.05, 4.69) is 5.16 Å². The number of ether oxygens (including phenoxy) is 1. The van der Waals surface area contributed by atoms with Crippen molar-refractivity contribution < 1.29 is 14.1 Å². The van der Waals surface area contributed by atoms with Gasteiger partial charge in [0.05, 0.1) is 6.61 Å². The highest BCUT2D eigenvalue weighted by Gasteiger charge is 2.46. The van der Waals surface area contributed by atoms with E-state index in [4.69, 9.17) is 9.26 Å². The second-order valence-electron chi connectivity index (χ2n) is 6.75. The number of hydrogen-bond acceptors (Lipinski definition) is 4. The molecule has 2 aliphatic rings. The van der Waals surface area contributed by atoms with Crippen LogP contribution in [0.3, 0.4) is 0 Å². The maximum absolute atomic E-state index is 12.9. The van der Waals surface area contributed by atoms with Crippen LogP contribution in [0.5, 0.6) is 0 Å². The molecule has 0 bridgehead atoms. The molecule has 2 aromatic rings. The number of aromatic nitrogens is 1. The molecule has 1 aliphatic carbocycles. The third-order valence-electron chi connectivity index (χ3n) is 5.12. The average molecular weight is 326 g/mol. The molecule has 1 aliphatic heterocycles. The van der Waals surface area contributed by atoms with Crippen LogP contribution in [-0.2, 0) is 4.74 Å². The van der Waals surface area contributed by atoms with Gasteiger partial charge in [0.25, 0.3) is 5.91 Å². The summed E-state index contributed by atoms with van der Waals surface area (Å²) in [6.07, 6.45) is 5.27. The highest BCUT2D eigenvalue weighted by atomic mass is 16.5. The summed E-state index contributed by atoms with van der Waals surface area (Å²) in [5.41, 5.74) is 2.06. The van der Waals surface area contributed by atoms with Gasteiger partial charge in [0, 0.05) is 18.2 Å². The molecule has 0 atom stereocenters. The molecule has 0 unspecified atom stereocenters. The minimum absolute atomic E-state index is 0.0866. The Bertz CT molecular complexity index is 729. The summed E-state index contributed by atoms with van der Waals surface area (Å²) in [6.45, 7) is 3.27. The zero-order valence-electron chi connectivity index (χ0n) is 14.0. The van der Waals surface area contributed by atoms with Gasteiger partial charge in [0.15, 0.2) is 11.5 Å². The molecule has 2 heterocycles. The van der Waals surface area contributed by atoms with Crippen molar-refractivity contribution in [1.82, 2.24) is 10.1 Å². The van der Waals surface area contributed by atoms with E-state index >= 15 is 0 Å². The van der Waals surface area contributed by atoms with Crippen LogP contribution in [-0.4, -0.2) is 34.8 Å². The van der Waals surface area contributed by atoms with Crippen LogP contribution in [0.25, 0.3) is 11.3 Å². The average Bonchev–Trinajstić information content (AvgIpc) is 3.24. The van der Waals surface area contributed by atoms with Crippen molar-refractivity contribution in [3.05, 3.63) is 41.6 Å². The van der Waals surface area contributed by atoms with Crippen LogP contribution in [0.4, 0.5) is 0 Å². The SMILES string of the molecule is Cc1ccc(-c2cc(C(=O)N3CCOC34CCCCC4)no2)cc1. The number of benzene rings is 1. The number of aryl methyl sites for hydroxylation is 1. The first-order valence-corrected chi connectivity index (χ1v) is 8.68. The number of hydrogen-bond donors (Lipinski definition) is 0. The van der Waals surface area contributed by atoms with Crippen molar-refractivity contribution in [3.8, 4) is 11.3 Å². The Balaban J connectivity index is 1.57. The van der Waals surface area contributed by atoms with Crippen molar-refractivity contribution >= 4 is 5.91 Å². The summed E-state index contributed by atoms with van der Waals surface area (Å²) in [4.78, 5) is 14.8. The van der Waals surface area contributed by atoms with E-state index in [1.54, 1.807) is 6.07 Å². The monoisotopic (exact) mass is 326 g/mol. The van der Waals surface area contributed by atoms with E-state index in [1.807, 2.05) is 36.1 Å². The van der Waals surface area contributed by atoms with E-state index in [0.717, 1.165) is 31.2 Å². The lowest BCUT2D eigenvalue weighted by molar-refractivity contribution is -0.0921. The van der Waals surface area contributed by atoms with Gasteiger partial charge in [0.2, 0.25) is 0 Å². The Hall–Kier alpha value is -2.14. The van der Waals surface area contributed by atoms with Crippen molar-refractivity contribution in [3.63, 3.8) is 0 Å². The first-order chi connectivity index (χ1) is 11.7. The van der Waals surface area contributed by atoms with Gasteiger partial charge in [-0.2, -0.15) is 0 Å². The fourth-order valence-electron chi connectivity index (χ4n) is 3.78. The van der Waals surface area contributed by atoms with Gasteiger partial charge in [-0.15, -0.1) is 0 Å². The largest absolute Gasteiger partial charge is 0.355 e. The molecular formula is C19H22N2O3. The topological polar surface area (TPSA) is 55.6 Å². The van der Waals surface area contributed by atoms with Crippen LogP contribution in [0.15, 0.2) is 34.9 Å². The molecule has 2 fully saturated rings. The molecular weight excluding hydrogens is 304 g/mol. The normalized spacial score (nSPS) is 19.8. The molecule has 5 nitrogen and oxygen atoms in total. The summed E-state index contributed by atoms with van der Waals surface area (Å²) in [5, 5.41) is 4.02. The Morgan fingerprint density at radius 2 is 1.92 bits per heavy atom. The molecule has 0 radical (unpaired) electrons. The number of rotatable bonds is 2. The molecule has 1 saturated heterocycles. The second-order valence-corrected chi connectivity index (χ2v) is 6.75. The summed E-state index contributed by atoms with van der Waals surface area (Å²) < 4.78 is 11.4. The number of carbonyl (C=O) groups excluding carboxylic acids is 1. The molecule has 1 aromatic carbocycles. The van der Waals surface area contributed by atoms with Crippen molar-refractivity contribution in [2.45, 2.75) is 44.8 Å². The lowest BCUT2D eigenvalue weighted by Gasteiger charge is -2.39. The molecule has 0 N–H and O–H groups in total. The lowest BCUT2D eigenvalue weighted by atomic mass is 9.90. The van der Waals surface area contributed by atoms with Crippen molar-refractivity contribution in [2.24, 2.45) is 0 Å². The zero-order valence-corrected chi connectivity index (χ0v) is 14.0. The van der Waals surface area contributed by atoms with Crippen LogP contribution < -0.4 is 0 Å². The van der Waals surface area contributed by atoms with Gasteiger partial charge in [0.1, 0.15) is 5.72 Å². The van der Waals surface area contributed by atoms with E-state index in [1.165, 1.54) is 12.0 Å². The number of amides is 1. The van der Waals surface area contributed by atoms with E-state index in [0.29, 0.717) is 24.6 Å². The second kappa shape index (κ2) is 6.06. The van der Waals surface area contributed by atoms with Crippen LogP contribution in [0.1, 0.15) is 48.2 Å². The Morgan fingerprint density at radius 1 is 1.17 bits per heavy atom. The maximum Gasteiger partial charge on any atom is 0.278 e. The third kappa shape index (κ3) is 2.63. The van der Waals surface area contributed by atoms with E-state index < -0.39 is 5.72 Å². The third-order valence-corrected chi connectivity index (χ3v) is 5.12. The van der Waals surface area contributed by atoms with Crippen LogP contribution in [0, 0.1) is 6.92 Å². The molecule has 1 spiro atoms.